The predicted molar refractivity (Wildman–Crippen MR) is 133 cm³/mol. The molecule has 1 amide bonds. The third kappa shape index (κ3) is 4.15. The fraction of sp³-hybridized carbons (Fsp3) is 0.115. The van der Waals surface area contributed by atoms with Crippen LogP contribution in [0.15, 0.2) is 90.1 Å². The summed E-state index contributed by atoms with van der Waals surface area (Å²) in [6, 6.07) is 22.3. The summed E-state index contributed by atoms with van der Waals surface area (Å²) in [5.74, 6) is 0.471. The van der Waals surface area contributed by atoms with E-state index in [9.17, 15) is 14.9 Å². The standard InChI is InChI=1S/C26H22N6O3/c1-16-9-8-10-18(15-16)24-29-26-27-17(2)22(25(33)28-19-11-4-3-5-12-19)23(31(26)30-24)20-13-6-7-14-21(20)32(34)35/h3-15,23H,1-2H3,(H,28,33)(H,27,29,30). The molecule has 0 spiro atoms. The molecular formula is C26H22N6O3. The first-order chi connectivity index (χ1) is 16.9. The van der Waals surface area contributed by atoms with Gasteiger partial charge in [-0.15, -0.1) is 5.10 Å². The molecule has 0 saturated carbocycles. The second-order valence-corrected chi connectivity index (χ2v) is 8.28. The van der Waals surface area contributed by atoms with Gasteiger partial charge in [-0.3, -0.25) is 14.9 Å². The Balaban J connectivity index is 1.67. The van der Waals surface area contributed by atoms with E-state index >= 15 is 0 Å². The van der Waals surface area contributed by atoms with Crippen LogP contribution in [0.2, 0.25) is 0 Å². The number of nitrogens with zero attached hydrogens (tertiary/aromatic N) is 4. The molecule has 3 aromatic carbocycles. The SMILES string of the molecule is CC1=C(C(=O)Nc2ccccc2)C(c2ccccc2[N+](=O)[O-])n2nc(-c3cccc(C)c3)nc2N1. The summed E-state index contributed by atoms with van der Waals surface area (Å²) in [4.78, 5) is 29.7. The average molecular weight is 467 g/mol. The number of carbonyl (C=O) groups is 1. The molecule has 9 heteroatoms. The maximum absolute atomic E-state index is 13.5. The Labute approximate surface area is 201 Å². The predicted octanol–water partition coefficient (Wildman–Crippen LogP) is 5.09. The minimum Gasteiger partial charge on any atom is -0.328 e. The number of allylic oxidation sites excluding steroid dienone is 1. The van der Waals surface area contributed by atoms with Crippen molar-refractivity contribution in [1.29, 1.82) is 0 Å². The summed E-state index contributed by atoms with van der Waals surface area (Å²) in [5.41, 5.74) is 3.57. The first-order valence-electron chi connectivity index (χ1n) is 11.0. The fourth-order valence-electron chi connectivity index (χ4n) is 4.24. The number of anilines is 2. The van der Waals surface area contributed by atoms with Crippen molar-refractivity contribution in [2.24, 2.45) is 0 Å². The van der Waals surface area contributed by atoms with Crippen LogP contribution in [0.4, 0.5) is 17.3 Å². The van der Waals surface area contributed by atoms with Crippen molar-refractivity contribution < 1.29 is 9.72 Å². The molecule has 2 heterocycles. The molecule has 4 aromatic rings. The van der Waals surface area contributed by atoms with Crippen LogP contribution in [0.1, 0.15) is 24.1 Å². The van der Waals surface area contributed by atoms with Gasteiger partial charge in [-0.25, -0.2) is 4.68 Å². The smallest absolute Gasteiger partial charge is 0.275 e. The van der Waals surface area contributed by atoms with Crippen molar-refractivity contribution in [2.75, 3.05) is 10.6 Å². The van der Waals surface area contributed by atoms with Gasteiger partial charge in [0.2, 0.25) is 5.95 Å². The maximum Gasteiger partial charge on any atom is 0.275 e. The summed E-state index contributed by atoms with van der Waals surface area (Å²) in [7, 11) is 0. The number of hydrogen-bond donors (Lipinski definition) is 2. The normalized spacial score (nSPS) is 14.7. The van der Waals surface area contributed by atoms with Gasteiger partial charge < -0.3 is 10.6 Å². The molecule has 1 aromatic heterocycles. The number of aromatic nitrogens is 3. The van der Waals surface area contributed by atoms with Crippen LogP contribution in [-0.2, 0) is 4.79 Å². The fourth-order valence-corrected chi connectivity index (χ4v) is 4.24. The van der Waals surface area contributed by atoms with Gasteiger partial charge in [-0.05, 0) is 38.1 Å². The lowest BCUT2D eigenvalue weighted by atomic mass is 9.93. The molecule has 35 heavy (non-hydrogen) atoms. The quantitative estimate of drug-likeness (QED) is 0.313. The van der Waals surface area contributed by atoms with Crippen molar-refractivity contribution in [3.63, 3.8) is 0 Å². The number of nitro groups is 1. The Hall–Kier alpha value is -4.79. The number of amides is 1. The van der Waals surface area contributed by atoms with Gasteiger partial charge in [0.15, 0.2) is 5.82 Å². The number of hydrogen-bond acceptors (Lipinski definition) is 6. The van der Waals surface area contributed by atoms with Gasteiger partial charge in [0, 0.05) is 23.0 Å². The first kappa shape index (κ1) is 22.0. The van der Waals surface area contributed by atoms with E-state index < -0.39 is 11.0 Å². The molecule has 1 unspecified atom stereocenters. The van der Waals surface area contributed by atoms with Crippen LogP contribution in [0, 0.1) is 17.0 Å². The summed E-state index contributed by atoms with van der Waals surface area (Å²) in [6.45, 7) is 3.73. The number of nitro benzene ring substituents is 1. The topological polar surface area (TPSA) is 115 Å². The molecule has 1 aliphatic rings. The van der Waals surface area contributed by atoms with E-state index in [1.165, 1.54) is 6.07 Å². The highest BCUT2D eigenvalue weighted by molar-refractivity contribution is 6.06. The molecule has 174 valence electrons. The molecule has 9 nitrogen and oxygen atoms in total. The van der Waals surface area contributed by atoms with Crippen molar-refractivity contribution in [1.82, 2.24) is 14.8 Å². The summed E-state index contributed by atoms with van der Waals surface area (Å²) < 4.78 is 1.55. The van der Waals surface area contributed by atoms with Crippen molar-refractivity contribution in [3.05, 3.63) is 111 Å². The Morgan fingerprint density at radius 3 is 2.51 bits per heavy atom. The van der Waals surface area contributed by atoms with E-state index in [0.29, 0.717) is 34.3 Å². The minimum atomic E-state index is -0.859. The molecule has 0 fully saturated rings. The number of rotatable bonds is 5. The zero-order valence-electron chi connectivity index (χ0n) is 19.1. The second-order valence-electron chi connectivity index (χ2n) is 8.28. The van der Waals surface area contributed by atoms with Crippen LogP contribution >= 0.6 is 0 Å². The minimum absolute atomic E-state index is 0.101. The molecule has 0 aliphatic carbocycles. The number of fused-ring (bicyclic) bond motifs is 1. The Kier molecular flexibility index (Phi) is 5.58. The van der Waals surface area contributed by atoms with Gasteiger partial charge in [-0.2, -0.15) is 4.98 Å². The van der Waals surface area contributed by atoms with E-state index in [4.69, 9.17) is 5.10 Å². The molecule has 1 atom stereocenters. The molecule has 0 bridgehead atoms. The molecule has 2 N–H and O–H groups in total. The van der Waals surface area contributed by atoms with E-state index in [0.717, 1.165) is 11.1 Å². The zero-order valence-corrected chi connectivity index (χ0v) is 19.1. The third-order valence-electron chi connectivity index (χ3n) is 5.83. The van der Waals surface area contributed by atoms with Gasteiger partial charge in [0.1, 0.15) is 6.04 Å². The van der Waals surface area contributed by atoms with Gasteiger partial charge in [0.25, 0.3) is 11.6 Å². The summed E-state index contributed by atoms with van der Waals surface area (Å²) in [6.07, 6.45) is 0. The van der Waals surface area contributed by atoms with Crippen molar-refractivity contribution in [3.8, 4) is 11.4 Å². The molecular weight excluding hydrogens is 444 g/mol. The lowest BCUT2D eigenvalue weighted by Crippen LogP contribution is -2.31. The maximum atomic E-state index is 13.5. The van der Waals surface area contributed by atoms with E-state index in [1.54, 1.807) is 41.9 Å². The van der Waals surface area contributed by atoms with Crippen LogP contribution in [-0.4, -0.2) is 25.6 Å². The molecule has 0 saturated heterocycles. The highest BCUT2D eigenvalue weighted by atomic mass is 16.6. The van der Waals surface area contributed by atoms with Crippen LogP contribution in [0.25, 0.3) is 11.4 Å². The van der Waals surface area contributed by atoms with Crippen LogP contribution in [0.5, 0.6) is 0 Å². The second kappa shape index (κ2) is 8.86. The zero-order chi connectivity index (χ0) is 24.5. The van der Waals surface area contributed by atoms with E-state index in [2.05, 4.69) is 15.6 Å². The van der Waals surface area contributed by atoms with E-state index in [1.807, 2.05) is 49.4 Å². The lowest BCUT2D eigenvalue weighted by molar-refractivity contribution is -0.385. The number of carbonyl (C=O) groups excluding carboxylic acids is 1. The summed E-state index contributed by atoms with van der Waals surface area (Å²) in [5, 5.41) is 22.7. The third-order valence-corrected chi connectivity index (χ3v) is 5.83. The summed E-state index contributed by atoms with van der Waals surface area (Å²) >= 11 is 0. The lowest BCUT2D eigenvalue weighted by Gasteiger charge is -2.28. The van der Waals surface area contributed by atoms with Gasteiger partial charge in [0.05, 0.1) is 16.1 Å². The average Bonchev–Trinajstić information content (AvgIpc) is 3.27. The van der Waals surface area contributed by atoms with Crippen LogP contribution in [0.3, 0.4) is 0 Å². The molecule has 5 rings (SSSR count). The number of benzene rings is 3. The molecule has 1 aliphatic heterocycles. The van der Waals surface area contributed by atoms with Crippen LogP contribution < -0.4 is 10.6 Å². The van der Waals surface area contributed by atoms with Crippen molar-refractivity contribution in [2.45, 2.75) is 19.9 Å². The van der Waals surface area contributed by atoms with Gasteiger partial charge in [-0.1, -0.05) is 54.1 Å². The first-order valence-corrected chi connectivity index (χ1v) is 11.0. The Bertz CT molecular complexity index is 1480. The van der Waals surface area contributed by atoms with E-state index in [-0.39, 0.29) is 11.6 Å². The Morgan fingerprint density at radius 2 is 1.77 bits per heavy atom. The number of aryl methyl sites for hydroxylation is 1. The highest BCUT2D eigenvalue weighted by Crippen LogP contribution is 2.40. The monoisotopic (exact) mass is 466 g/mol. The van der Waals surface area contributed by atoms with Crippen molar-refractivity contribution >= 4 is 23.2 Å². The largest absolute Gasteiger partial charge is 0.328 e. The highest BCUT2D eigenvalue weighted by Gasteiger charge is 2.37. The Morgan fingerprint density at radius 1 is 1.03 bits per heavy atom. The number of para-hydroxylation sites is 2. The number of nitrogens with one attached hydrogen (secondary N) is 2. The van der Waals surface area contributed by atoms with Gasteiger partial charge >= 0.3 is 0 Å². The molecule has 0 radical (unpaired) electrons.